The van der Waals surface area contributed by atoms with Crippen molar-refractivity contribution in [2.24, 2.45) is 0 Å². The van der Waals surface area contributed by atoms with Gasteiger partial charge in [-0.2, -0.15) is 0 Å². The standard InChI is InChI=1S/C17H24ClN3O2/c1-14(22)21(8-7-15-3-5-16(18)6-4-15)13-17(23)20-11-9-19(2)10-12-20/h3-6H,7-13H2,1-2H3. The van der Waals surface area contributed by atoms with Crippen LogP contribution in [0.1, 0.15) is 12.5 Å². The fourth-order valence-corrected chi connectivity index (χ4v) is 2.71. The third kappa shape index (κ3) is 5.52. The minimum absolute atomic E-state index is 0.0319. The fraction of sp³-hybridized carbons (Fsp3) is 0.529. The summed E-state index contributed by atoms with van der Waals surface area (Å²) in [6, 6.07) is 7.57. The Morgan fingerprint density at radius 2 is 1.74 bits per heavy atom. The number of benzene rings is 1. The summed E-state index contributed by atoms with van der Waals surface area (Å²) < 4.78 is 0. The van der Waals surface area contributed by atoms with Gasteiger partial charge in [0.2, 0.25) is 11.8 Å². The van der Waals surface area contributed by atoms with Crippen LogP contribution in [0.15, 0.2) is 24.3 Å². The molecule has 2 amide bonds. The maximum Gasteiger partial charge on any atom is 0.242 e. The molecule has 23 heavy (non-hydrogen) atoms. The Balaban J connectivity index is 1.87. The summed E-state index contributed by atoms with van der Waals surface area (Å²) in [4.78, 5) is 29.9. The van der Waals surface area contributed by atoms with Crippen LogP contribution in [0.25, 0.3) is 0 Å². The molecule has 1 aliphatic rings. The highest BCUT2D eigenvalue weighted by Gasteiger charge is 2.22. The number of hydrogen-bond acceptors (Lipinski definition) is 3. The summed E-state index contributed by atoms with van der Waals surface area (Å²) in [5.74, 6) is -0.0363. The Bertz CT molecular complexity index is 539. The second kappa shape index (κ2) is 8.31. The van der Waals surface area contributed by atoms with Crippen molar-refractivity contribution in [3.63, 3.8) is 0 Å². The second-order valence-corrected chi connectivity index (χ2v) is 6.44. The van der Waals surface area contributed by atoms with Crippen LogP contribution < -0.4 is 0 Å². The van der Waals surface area contributed by atoms with E-state index in [-0.39, 0.29) is 18.4 Å². The van der Waals surface area contributed by atoms with Crippen molar-refractivity contribution in [1.29, 1.82) is 0 Å². The lowest BCUT2D eigenvalue weighted by atomic mass is 10.1. The number of rotatable bonds is 5. The zero-order chi connectivity index (χ0) is 16.8. The first-order valence-corrected chi connectivity index (χ1v) is 8.30. The predicted molar refractivity (Wildman–Crippen MR) is 91.5 cm³/mol. The first-order valence-electron chi connectivity index (χ1n) is 7.92. The molecule has 0 atom stereocenters. The molecule has 0 radical (unpaired) electrons. The van der Waals surface area contributed by atoms with Crippen LogP contribution in [-0.4, -0.2) is 72.8 Å². The van der Waals surface area contributed by atoms with Gasteiger partial charge in [-0.05, 0) is 31.2 Å². The Morgan fingerprint density at radius 1 is 1.13 bits per heavy atom. The first kappa shape index (κ1) is 17.8. The van der Waals surface area contributed by atoms with Gasteiger partial charge in [0.25, 0.3) is 0 Å². The van der Waals surface area contributed by atoms with Crippen molar-refractivity contribution in [2.45, 2.75) is 13.3 Å². The van der Waals surface area contributed by atoms with E-state index in [2.05, 4.69) is 11.9 Å². The molecule has 0 aliphatic carbocycles. The number of nitrogens with zero attached hydrogens (tertiary/aromatic N) is 3. The average molecular weight is 338 g/mol. The van der Waals surface area contributed by atoms with Gasteiger partial charge in [0.1, 0.15) is 0 Å². The van der Waals surface area contributed by atoms with Crippen LogP contribution in [-0.2, 0) is 16.0 Å². The summed E-state index contributed by atoms with van der Waals surface area (Å²) in [5.41, 5.74) is 1.10. The third-order valence-corrected chi connectivity index (χ3v) is 4.46. The molecule has 6 heteroatoms. The number of amides is 2. The Hall–Kier alpha value is -1.59. The molecule has 1 fully saturated rings. The highest BCUT2D eigenvalue weighted by molar-refractivity contribution is 6.30. The zero-order valence-corrected chi connectivity index (χ0v) is 14.6. The Labute approximate surface area is 142 Å². The van der Waals surface area contributed by atoms with Crippen molar-refractivity contribution in [2.75, 3.05) is 46.3 Å². The molecule has 0 aromatic heterocycles. The summed E-state index contributed by atoms with van der Waals surface area (Å²) in [5, 5.41) is 0.697. The lowest BCUT2D eigenvalue weighted by Gasteiger charge is -2.33. The van der Waals surface area contributed by atoms with Gasteiger partial charge in [0, 0.05) is 44.7 Å². The molecular formula is C17H24ClN3O2. The van der Waals surface area contributed by atoms with Gasteiger partial charge in [-0.15, -0.1) is 0 Å². The van der Waals surface area contributed by atoms with E-state index in [0.29, 0.717) is 18.0 Å². The van der Waals surface area contributed by atoms with Gasteiger partial charge in [0.15, 0.2) is 0 Å². The second-order valence-electron chi connectivity index (χ2n) is 6.00. The monoisotopic (exact) mass is 337 g/mol. The summed E-state index contributed by atoms with van der Waals surface area (Å²) in [6.45, 7) is 5.45. The van der Waals surface area contributed by atoms with E-state index in [0.717, 1.165) is 31.7 Å². The number of likely N-dealkylation sites (N-methyl/N-ethyl adjacent to an activating group) is 1. The number of carbonyl (C=O) groups excluding carboxylic acids is 2. The van der Waals surface area contributed by atoms with Crippen molar-refractivity contribution in [3.8, 4) is 0 Å². The van der Waals surface area contributed by atoms with Gasteiger partial charge >= 0.3 is 0 Å². The zero-order valence-electron chi connectivity index (χ0n) is 13.8. The smallest absolute Gasteiger partial charge is 0.242 e. The lowest BCUT2D eigenvalue weighted by Crippen LogP contribution is -2.50. The lowest BCUT2D eigenvalue weighted by molar-refractivity contribution is -0.140. The number of hydrogen-bond donors (Lipinski definition) is 0. The van der Waals surface area contributed by atoms with Gasteiger partial charge in [-0.3, -0.25) is 9.59 Å². The van der Waals surface area contributed by atoms with Crippen molar-refractivity contribution in [3.05, 3.63) is 34.9 Å². The van der Waals surface area contributed by atoms with Crippen LogP contribution in [0.5, 0.6) is 0 Å². The third-order valence-electron chi connectivity index (χ3n) is 4.21. The predicted octanol–water partition coefficient (Wildman–Crippen LogP) is 1.51. The van der Waals surface area contributed by atoms with E-state index < -0.39 is 0 Å². The Morgan fingerprint density at radius 3 is 2.30 bits per heavy atom. The Kier molecular flexibility index (Phi) is 6.42. The van der Waals surface area contributed by atoms with E-state index in [1.807, 2.05) is 29.2 Å². The van der Waals surface area contributed by atoms with Gasteiger partial charge < -0.3 is 14.7 Å². The van der Waals surface area contributed by atoms with Crippen LogP contribution in [0.4, 0.5) is 0 Å². The molecule has 1 saturated heterocycles. The molecule has 0 saturated carbocycles. The minimum atomic E-state index is -0.0681. The maximum absolute atomic E-state index is 12.4. The van der Waals surface area contributed by atoms with Gasteiger partial charge in [-0.25, -0.2) is 0 Å². The molecule has 0 spiro atoms. The molecule has 0 bridgehead atoms. The molecule has 0 unspecified atom stereocenters. The van der Waals surface area contributed by atoms with E-state index in [1.165, 1.54) is 6.92 Å². The molecule has 1 aliphatic heterocycles. The SMILES string of the molecule is CC(=O)N(CCc1ccc(Cl)cc1)CC(=O)N1CCN(C)CC1. The molecule has 1 aromatic carbocycles. The number of carbonyl (C=O) groups is 2. The van der Waals surface area contributed by atoms with Crippen molar-refractivity contribution < 1.29 is 9.59 Å². The van der Waals surface area contributed by atoms with Gasteiger partial charge in [0.05, 0.1) is 6.54 Å². The molecule has 5 nitrogen and oxygen atoms in total. The van der Waals surface area contributed by atoms with Crippen LogP contribution >= 0.6 is 11.6 Å². The molecule has 0 N–H and O–H groups in total. The average Bonchev–Trinajstić information content (AvgIpc) is 2.53. The number of piperazine rings is 1. The van der Waals surface area contributed by atoms with E-state index in [9.17, 15) is 9.59 Å². The van der Waals surface area contributed by atoms with E-state index in [4.69, 9.17) is 11.6 Å². The molecule has 126 valence electrons. The normalized spacial score (nSPS) is 15.5. The van der Waals surface area contributed by atoms with Crippen molar-refractivity contribution in [1.82, 2.24) is 14.7 Å². The van der Waals surface area contributed by atoms with Gasteiger partial charge in [-0.1, -0.05) is 23.7 Å². The molecule has 2 rings (SSSR count). The quantitative estimate of drug-likeness (QED) is 0.818. The minimum Gasteiger partial charge on any atom is -0.339 e. The molecule has 1 aromatic rings. The molecular weight excluding hydrogens is 314 g/mol. The summed E-state index contributed by atoms with van der Waals surface area (Å²) >= 11 is 5.87. The van der Waals surface area contributed by atoms with Crippen molar-refractivity contribution >= 4 is 23.4 Å². The summed E-state index contributed by atoms with van der Waals surface area (Å²) in [6.07, 6.45) is 0.715. The fourth-order valence-electron chi connectivity index (χ4n) is 2.58. The molecule has 1 heterocycles. The van der Waals surface area contributed by atoms with E-state index in [1.54, 1.807) is 4.90 Å². The van der Waals surface area contributed by atoms with Crippen LogP contribution in [0.3, 0.4) is 0 Å². The van der Waals surface area contributed by atoms with Crippen LogP contribution in [0, 0.1) is 0 Å². The maximum atomic E-state index is 12.4. The van der Waals surface area contributed by atoms with E-state index >= 15 is 0 Å². The first-order chi connectivity index (χ1) is 11.0. The largest absolute Gasteiger partial charge is 0.339 e. The topological polar surface area (TPSA) is 43.9 Å². The highest BCUT2D eigenvalue weighted by atomic mass is 35.5. The highest BCUT2D eigenvalue weighted by Crippen LogP contribution is 2.10. The number of halogens is 1. The van der Waals surface area contributed by atoms with Crippen LogP contribution in [0.2, 0.25) is 5.02 Å². The summed E-state index contributed by atoms with van der Waals surface area (Å²) in [7, 11) is 2.05.